The fraction of sp³-hybridized carbons (Fsp3) is 0.308. The zero-order valence-electron chi connectivity index (χ0n) is 20.7. The van der Waals surface area contributed by atoms with E-state index in [-0.39, 0.29) is 34.5 Å². The smallest absolute Gasteiger partial charge is 0.258 e. The number of hydrogen-bond donors (Lipinski definition) is 2. The second kappa shape index (κ2) is 9.91. The van der Waals surface area contributed by atoms with Crippen molar-refractivity contribution in [1.29, 1.82) is 0 Å². The first kappa shape index (κ1) is 26.0. The zero-order chi connectivity index (χ0) is 27.2. The molecule has 1 fully saturated rings. The summed E-state index contributed by atoms with van der Waals surface area (Å²) in [7, 11) is -2.38. The van der Waals surface area contributed by atoms with E-state index in [0.29, 0.717) is 26.6 Å². The average molecular weight is 557 g/mol. The number of aromatic nitrogens is 2. The highest BCUT2D eigenvalue weighted by molar-refractivity contribution is 7.92. The van der Waals surface area contributed by atoms with E-state index in [1.807, 2.05) is 0 Å². The minimum atomic E-state index is -3.96. The normalized spacial score (nSPS) is 14.5. The second-order valence-corrected chi connectivity index (χ2v) is 12.7. The van der Waals surface area contributed by atoms with Gasteiger partial charge in [-0.3, -0.25) is 14.4 Å². The summed E-state index contributed by atoms with van der Waals surface area (Å²) in [6.45, 7) is 1.07. The fourth-order valence-electron chi connectivity index (χ4n) is 4.28. The third-order valence-electron chi connectivity index (χ3n) is 6.46. The molecule has 5 rings (SSSR count). The van der Waals surface area contributed by atoms with Gasteiger partial charge in [-0.1, -0.05) is 25.1 Å². The molecule has 1 unspecified atom stereocenters. The van der Waals surface area contributed by atoms with Crippen LogP contribution in [-0.4, -0.2) is 48.1 Å². The number of nitrogens with one attached hydrogen (secondary N) is 2. The van der Waals surface area contributed by atoms with Gasteiger partial charge < -0.3 is 15.2 Å². The molecular weight excluding hydrogens is 531 g/mol. The van der Waals surface area contributed by atoms with Gasteiger partial charge in [-0.05, 0) is 36.4 Å². The molecule has 0 radical (unpaired) electrons. The molecule has 9 nitrogen and oxygen atoms in total. The Labute approximate surface area is 221 Å². The first-order valence-electron chi connectivity index (χ1n) is 12.1. The van der Waals surface area contributed by atoms with Gasteiger partial charge in [-0.2, -0.15) is 0 Å². The van der Waals surface area contributed by atoms with Crippen LogP contribution in [0, 0.1) is 5.82 Å². The number of aryl methyl sites for hydroxylation is 1. The van der Waals surface area contributed by atoms with Crippen LogP contribution in [0.15, 0.2) is 47.4 Å². The molecule has 1 aliphatic rings. The van der Waals surface area contributed by atoms with E-state index in [1.54, 1.807) is 37.5 Å². The largest absolute Gasteiger partial charge is 0.352 e. The number of thiazole rings is 1. The van der Waals surface area contributed by atoms with E-state index in [2.05, 4.69) is 15.6 Å². The van der Waals surface area contributed by atoms with Crippen molar-refractivity contribution in [2.24, 2.45) is 7.05 Å². The van der Waals surface area contributed by atoms with Gasteiger partial charge in [0, 0.05) is 41.6 Å². The van der Waals surface area contributed by atoms with Gasteiger partial charge in [-0.25, -0.2) is 17.8 Å². The molecule has 0 bridgehead atoms. The molecule has 1 aliphatic carbocycles. The molecule has 2 aromatic heterocycles. The van der Waals surface area contributed by atoms with Crippen LogP contribution in [-0.2, 0) is 26.5 Å². The minimum absolute atomic E-state index is 0.0104. The predicted octanol–water partition coefficient (Wildman–Crippen LogP) is 2.82. The maximum absolute atomic E-state index is 15.4. The van der Waals surface area contributed by atoms with Gasteiger partial charge in [0.05, 0.1) is 16.8 Å². The molecular formula is C26H25FN4O5S2. The summed E-state index contributed by atoms with van der Waals surface area (Å²) < 4.78 is 43.0. The summed E-state index contributed by atoms with van der Waals surface area (Å²) >= 11 is 0.911. The van der Waals surface area contributed by atoms with Crippen LogP contribution in [0.25, 0.3) is 32.1 Å². The second-order valence-electron chi connectivity index (χ2n) is 9.25. The van der Waals surface area contributed by atoms with Crippen molar-refractivity contribution in [2.75, 3.05) is 12.3 Å². The van der Waals surface area contributed by atoms with Gasteiger partial charge in [0.2, 0.25) is 11.8 Å². The van der Waals surface area contributed by atoms with Crippen molar-refractivity contribution < 1.29 is 22.4 Å². The van der Waals surface area contributed by atoms with Gasteiger partial charge in [0.1, 0.15) is 10.8 Å². The molecule has 2 heterocycles. The highest BCUT2D eigenvalue weighted by Gasteiger charge is 2.36. The Balaban J connectivity index is 1.55. The number of carbonyl (C=O) groups is 2. The molecule has 1 atom stereocenters. The van der Waals surface area contributed by atoms with Crippen molar-refractivity contribution in [3.8, 4) is 11.1 Å². The van der Waals surface area contributed by atoms with Crippen LogP contribution < -0.4 is 16.2 Å². The highest BCUT2D eigenvalue weighted by atomic mass is 32.2. The van der Waals surface area contributed by atoms with Crippen LogP contribution in [0.3, 0.4) is 0 Å². The van der Waals surface area contributed by atoms with Crippen molar-refractivity contribution in [2.45, 2.75) is 31.1 Å². The Bertz CT molecular complexity index is 1760. The first-order valence-corrected chi connectivity index (χ1v) is 14.6. The average Bonchev–Trinajstić information content (AvgIpc) is 3.61. The number of benzene rings is 2. The lowest BCUT2D eigenvalue weighted by Crippen LogP contribution is -2.41. The van der Waals surface area contributed by atoms with Gasteiger partial charge >= 0.3 is 0 Å². The van der Waals surface area contributed by atoms with Crippen LogP contribution in [0.2, 0.25) is 0 Å². The SMILES string of the molecule is CCS(=O)(=O)C(C(=O)NCC(=O)NC1CC1)c1nc2cc(-c3cn(C)c(=O)c4ccccc34)c(F)cc2s1. The summed E-state index contributed by atoms with van der Waals surface area (Å²) in [5.74, 6) is -2.15. The third-order valence-corrected chi connectivity index (χ3v) is 9.66. The number of hydrogen-bond acceptors (Lipinski definition) is 7. The number of halogens is 1. The van der Waals surface area contributed by atoms with Crippen molar-refractivity contribution in [1.82, 2.24) is 20.2 Å². The van der Waals surface area contributed by atoms with Crippen LogP contribution in [0.1, 0.15) is 30.0 Å². The maximum Gasteiger partial charge on any atom is 0.258 e. The number of nitrogens with zero attached hydrogens (tertiary/aromatic N) is 2. The molecule has 2 aromatic carbocycles. The van der Waals surface area contributed by atoms with Crippen LogP contribution in [0.4, 0.5) is 4.39 Å². The van der Waals surface area contributed by atoms with Gasteiger partial charge in [0.25, 0.3) is 5.56 Å². The zero-order valence-corrected chi connectivity index (χ0v) is 22.3. The molecule has 2 N–H and O–H groups in total. The van der Waals surface area contributed by atoms with Gasteiger partial charge in [-0.15, -0.1) is 11.3 Å². The molecule has 2 amide bonds. The van der Waals surface area contributed by atoms with Crippen LogP contribution in [0.5, 0.6) is 0 Å². The lowest BCUT2D eigenvalue weighted by Gasteiger charge is -2.14. The molecule has 0 aliphatic heterocycles. The van der Waals surface area contributed by atoms with E-state index < -0.39 is 32.7 Å². The number of pyridine rings is 1. The van der Waals surface area contributed by atoms with Gasteiger partial charge in [0.15, 0.2) is 15.1 Å². The number of amides is 2. The summed E-state index contributed by atoms with van der Waals surface area (Å²) in [5.41, 5.74) is 0.771. The number of carbonyl (C=O) groups excluding carboxylic acids is 2. The predicted molar refractivity (Wildman–Crippen MR) is 144 cm³/mol. The topological polar surface area (TPSA) is 127 Å². The van der Waals surface area contributed by atoms with Crippen LogP contribution >= 0.6 is 11.3 Å². The Hall–Kier alpha value is -3.64. The summed E-state index contributed by atoms with van der Waals surface area (Å²) in [6.07, 6.45) is 3.31. The lowest BCUT2D eigenvalue weighted by molar-refractivity contribution is -0.126. The van der Waals surface area contributed by atoms with E-state index in [4.69, 9.17) is 0 Å². The molecule has 1 saturated carbocycles. The minimum Gasteiger partial charge on any atom is -0.352 e. The highest BCUT2D eigenvalue weighted by Crippen LogP contribution is 2.36. The number of fused-ring (bicyclic) bond motifs is 2. The Morgan fingerprint density at radius 3 is 2.58 bits per heavy atom. The Kier molecular flexibility index (Phi) is 6.78. The molecule has 0 spiro atoms. The van der Waals surface area contributed by atoms with Crippen molar-refractivity contribution in [3.63, 3.8) is 0 Å². The molecule has 4 aromatic rings. The lowest BCUT2D eigenvalue weighted by atomic mass is 10.00. The fourth-order valence-corrected chi connectivity index (χ4v) is 6.92. The maximum atomic E-state index is 15.4. The third kappa shape index (κ3) is 4.93. The number of rotatable bonds is 8. The summed E-state index contributed by atoms with van der Waals surface area (Å²) in [4.78, 5) is 42.0. The quantitative estimate of drug-likeness (QED) is 0.344. The molecule has 12 heteroatoms. The van der Waals surface area contributed by atoms with E-state index in [0.717, 1.165) is 24.2 Å². The molecule has 0 saturated heterocycles. The van der Waals surface area contributed by atoms with Crippen molar-refractivity contribution >= 4 is 54.0 Å². The van der Waals surface area contributed by atoms with E-state index >= 15 is 4.39 Å². The first-order chi connectivity index (χ1) is 18.1. The standard InChI is InChI=1S/C26H25FN4O5S2/c1-3-38(35,36)23(24(33)28-12-22(32)29-14-8-9-14)25-30-20-10-17(19(27)11-21(20)37-25)18-13-31(2)26(34)16-7-5-4-6-15(16)18/h4-7,10-11,13-14,23H,3,8-9,12H2,1-2H3,(H,28,33)(H,29,32). The molecule has 198 valence electrons. The summed E-state index contributed by atoms with van der Waals surface area (Å²) in [6, 6.07) is 9.74. The summed E-state index contributed by atoms with van der Waals surface area (Å²) in [5, 5.41) is 4.50. The Morgan fingerprint density at radius 1 is 1.18 bits per heavy atom. The van der Waals surface area contributed by atoms with E-state index in [1.165, 1.54) is 23.6 Å². The molecule has 38 heavy (non-hydrogen) atoms. The number of sulfone groups is 1. The monoisotopic (exact) mass is 556 g/mol. The Morgan fingerprint density at radius 2 is 1.89 bits per heavy atom. The van der Waals surface area contributed by atoms with Crippen molar-refractivity contribution in [3.05, 3.63) is 63.8 Å². The van der Waals surface area contributed by atoms with E-state index in [9.17, 15) is 22.8 Å².